The molecule has 0 aromatic heterocycles. The highest BCUT2D eigenvalue weighted by atomic mass is 32.2. The Morgan fingerprint density at radius 3 is 2.33 bits per heavy atom. The SMILES string of the molecule is COC(=O)[C@H](Cc1ccccc1)NCSc1ccccc1. The van der Waals surface area contributed by atoms with Crippen molar-refractivity contribution in [3.63, 3.8) is 0 Å². The molecule has 0 aliphatic rings. The fraction of sp³-hybridized carbons (Fsp3) is 0.235. The van der Waals surface area contributed by atoms with E-state index in [4.69, 9.17) is 4.74 Å². The minimum absolute atomic E-state index is 0.229. The summed E-state index contributed by atoms with van der Waals surface area (Å²) in [6.45, 7) is 0. The van der Waals surface area contributed by atoms with Gasteiger partial charge in [0.15, 0.2) is 0 Å². The van der Waals surface area contributed by atoms with E-state index in [2.05, 4.69) is 17.4 Å². The molecule has 0 spiro atoms. The summed E-state index contributed by atoms with van der Waals surface area (Å²) in [5.41, 5.74) is 1.12. The largest absolute Gasteiger partial charge is 0.468 e. The zero-order valence-corrected chi connectivity index (χ0v) is 12.8. The van der Waals surface area contributed by atoms with Crippen molar-refractivity contribution in [3.8, 4) is 0 Å². The highest BCUT2D eigenvalue weighted by Gasteiger charge is 2.18. The van der Waals surface area contributed by atoms with Gasteiger partial charge in [0.2, 0.25) is 0 Å². The molecule has 2 rings (SSSR count). The van der Waals surface area contributed by atoms with Crippen molar-refractivity contribution in [2.45, 2.75) is 17.4 Å². The predicted octanol–water partition coefficient (Wildman–Crippen LogP) is 3.11. The number of carbonyl (C=O) groups excluding carboxylic acids is 1. The Hall–Kier alpha value is -1.78. The molecule has 21 heavy (non-hydrogen) atoms. The van der Waals surface area contributed by atoms with E-state index < -0.39 is 0 Å². The molecule has 2 aromatic rings. The number of rotatable bonds is 7. The van der Waals surface area contributed by atoms with Gasteiger partial charge >= 0.3 is 5.97 Å². The number of benzene rings is 2. The van der Waals surface area contributed by atoms with E-state index in [9.17, 15) is 4.79 Å². The maximum Gasteiger partial charge on any atom is 0.323 e. The van der Waals surface area contributed by atoms with Crippen LogP contribution in [-0.2, 0) is 16.0 Å². The highest BCUT2D eigenvalue weighted by molar-refractivity contribution is 7.99. The van der Waals surface area contributed by atoms with Crippen molar-refractivity contribution >= 4 is 17.7 Å². The van der Waals surface area contributed by atoms with Gasteiger partial charge in [-0.3, -0.25) is 10.1 Å². The van der Waals surface area contributed by atoms with Gasteiger partial charge in [0.1, 0.15) is 6.04 Å². The molecule has 0 fully saturated rings. The summed E-state index contributed by atoms with van der Waals surface area (Å²) in [5, 5.41) is 3.26. The molecule has 110 valence electrons. The predicted molar refractivity (Wildman–Crippen MR) is 86.3 cm³/mol. The van der Waals surface area contributed by atoms with Gasteiger partial charge < -0.3 is 4.74 Å². The molecule has 2 aromatic carbocycles. The molecule has 0 saturated heterocycles. The molecular weight excluding hydrogens is 282 g/mol. The summed E-state index contributed by atoms with van der Waals surface area (Å²) in [7, 11) is 1.42. The zero-order chi connectivity index (χ0) is 14.9. The van der Waals surface area contributed by atoms with E-state index in [1.54, 1.807) is 11.8 Å². The Kier molecular flexibility index (Phi) is 6.31. The summed E-state index contributed by atoms with van der Waals surface area (Å²) < 4.78 is 4.88. The van der Waals surface area contributed by atoms with Crippen LogP contribution in [0.1, 0.15) is 5.56 Å². The molecule has 0 amide bonds. The monoisotopic (exact) mass is 301 g/mol. The number of thioether (sulfide) groups is 1. The molecule has 0 radical (unpaired) electrons. The van der Waals surface area contributed by atoms with Gasteiger partial charge in [-0.2, -0.15) is 0 Å². The lowest BCUT2D eigenvalue weighted by Gasteiger charge is -2.16. The van der Waals surface area contributed by atoms with Crippen molar-refractivity contribution in [3.05, 3.63) is 66.2 Å². The van der Waals surface area contributed by atoms with Gasteiger partial charge in [0.05, 0.1) is 7.11 Å². The van der Waals surface area contributed by atoms with Crippen LogP contribution >= 0.6 is 11.8 Å². The van der Waals surface area contributed by atoms with Crippen LogP contribution in [0.2, 0.25) is 0 Å². The van der Waals surface area contributed by atoms with Gasteiger partial charge in [-0.15, -0.1) is 11.8 Å². The van der Waals surface area contributed by atoms with Gasteiger partial charge in [-0.25, -0.2) is 0 Å². The number of esters is 1. The number of nitrogens with one attached hydrogen (secondary N) is 1. The first-order valence-electron chi connectivity index (χ1n) is 6.82. The van der Waals surface area contributed by atoms with Crippen molar-refractivity contribution < 1.29 is 9.53 Å². The van der Waals surface area contributed by atoms with Crippen molar-refractivity contribution in [1.82, 2.24) is 5.32 Å². The zero-order valence-electron chi connectivity index (χ0n) is 12.0. The van der Waals surface area contributed by atoms with E-state index in [0.29, 0.717) is 12.3 Å². The van der Waals surface area contributed by atoms with Crippen LogP contribution in [0, 0.1) is 0 Å². The van der Waals surface area contributed by atoms with E-state index in [1.807, 2.05) is 48.5 Å². The van der Waals surface area contributed by atoms with Crippen molar-refractivity contribution in [2.24, 2.45) is 0 Å². The first-order chi connectivity index (χ1) is 10.3. The standard InChI is InChI=1S/C17H19NO2S/c1-20-17(19)16(12-14-8-4-2-5-9-14)18-13-21-15-10-6-3-7-11-15/h2-11,16,18H,12-13H2,1H3/t16-/m0/s1. The smallest absolute Gasteiger partial charge is 0.323 e. The summed E-state index contributed by atoms with van der Waals surface area (Å²) in [4.78, 5) is 13.0. The fourth-order valence-corrected chi connectivity index (χ4v) is 2.77. The fourth-order valence-electron chi connectivity index (χ4n) is 1.97. The van der Waals surface area contributed by atoms with E-state index in [0.717, 1.165) is 5.56 Å². The molecule has 1 atom stereocenters. The second-order valence-electron chi connectivity index (χ2n) is 4.57. The molecular formula is C17H19NO2S. The van der Waals surface area contributed by atoms with Crippen LogP contribution < -0.4 is 5.32 Å². The summed E-state index contributed by atoms with van der Waals surface area (Å²) in [6.07, 6.45) is 0.628. The average molecular weight is 301 g/mol. The number of ether oxygens (including phenoxy) is 1. The minimum atomic E-state index is -0.325. The molecule has 1 N–H and O–H groups in total. The summed E-state index contributed by atoms with van der Waals surface area (Å²) in [5.74, 6) is 0.434. The van der Waals surface area contributed by atoms with Crippen LogP contribution in [0.4, 0.5) is 0 Å². The first kappa shape index (κ1) is 15.6. The molecule has 0 aliphatic carbocycles. The number of methoxy groups -OCH3 is 1. The molecule has 0 saturated carbocycles. The quantitative estimate of drug-likeness (QED) is 0.484. The lowest BCUT2D eigenvalue weighted by Crippen LogP contribution is -2.39. The van der Waals surface area contributed by atoms with Crippen LogP contribution in [-0.4, -0.2) is 25.0 Å². The third-order valence-electron chi connectivity index (χ3n) is 3.08. The van der Waals surface area contributed by atoms with Crippen LogP contribution in [0.5, 0.6) is 0 Å². The lowest BCUT2D eigenvalue weighted by atomic mass is 10.1. The molecule has 0 bridgehead atoms. The van der Waals surface area contributed by atoms with Crippen LogP contribution in [0.15, 0.2) is 65.6 Å². The average Bonchev–Trinajstić information content (AvgIpc) is 2.55. The molecule has 0 heterocycles. The third-order valence-corrected chi connectivity index (χ3v) is 4.00. The number of carbonyl (C=O) groups is 1. The van der Waals surface area contributed by atoms with E-state index in [-0.39, 0.29) is 12.0 Å². The Labute approximate surface area is 129 Å². The Balaban J connectivity index is 1.89. The molecule has 0 unspecified atom stereocenters. The Morgan fingerprint density at radius 1 is 1.10 bits per heavy atom. The Morgan fingerprint density at radius 2 is 1.71 bits per heavy atom. The van der Waals surface area contributed by atoms with Crippen molar-refractivity contribution in [2.75, 3.05) is 13.0 Å². The summed E-state index contributed by atoms with van der Waals surface area (Å²) >= 11 is 1.67. The first-order valence-corrected chi connectivity index (χ1v) is 7.81. The maximum atomic E-state index is 11.9. The Bertz CT molecular complexity index is 545. The topological polar surface area (TPSA) is 38.3 Å². The van der Waals surface area contributed by atoms with E-state index in [1.165, 1.54) is 12.0 Å². The van der Waals surface area contributed by atoms with Crippen LogP contribution in [0.3, 0.4) is 0 Å². The number of hydrogen-bond donors (Lipinski definition) is 1. The van der Waals surface area contributed by atoms with Gasteiger partial charge in [-0.05, 0) is 24.1 Å². The number of hydrogen-bond acceptors (Lipinski definition) is 4. The van der Waals surface area contributed by atoms with Crippen molar-refractivity contribution in [1.29, 1.82) is 0 Å². The van der Waals surface area contributed by atoms with Gasteiger partial charge in [0.25, 0.3) is 0 Å². The molecule has 4 heteroatoms. The minimum Gasteiger partial charge on any atom is -0.468 e. The molecule has 0 aliphatic heterocycles. The van der Waals surface area contributed by atoms with Crippen LogP contribution in [0.25, 0.3) is 0 Å². The normalized spacial score (nSPS) is 11.9. The lowest BCUT2D eigenvalue weighted by molar-refractivity contribution is -0.143. The third kappa shape index (κ3) is 5.25. The maximum absolute atomic E-state index is 11.9. The summed E-state index contributed by atoms with van der Waals surface area (Å²) in [6, 6.07) is 19.7. The van der Waals surface area contributed by atoms with Gasteiger partial charge in [0, 0.05) is 10.8 Å². The molecule has 3 nitrogen and oxygen atoms in total. The second-order valence-corrected chi connectivity index (χ2v) is 5.62. The van der Waals surface area contributed by atoms with E-state index >= 15 is 0 Å². The second kappa shape index (κ2) is 8.49. The highest BCUT2D eigenvalue weighted by Crippen LogP contribution is 2.16. The van der Waals surface area contributed by atoms with Gasteiger partial charge in [-0.1, -0.05) is 48.5 Å².